The van der Waals surface area contributed by atoms with E-state index in [2.05, 4.69) is 11.9 Å². The van der Waals surface area contributed by atoms with Crippen molar-refractivity contribution < 1.29 is 4.79 Å². The van der Waals surface area contributed by atoms with E-state index in [0.29, 0.717) is 12.2 Å². The van der Waals surface area contributed by atoms with Gasteiger partial charge in [-0.15, -0.1) is 0 Å². The summed E-state index contributed by atoms with van der Waals surface area (Å²) >= 11 is 0. The standard InChI is InChI=1S/C13H22N4O/c1-5-6-17(9-12(18)16(3)4)13-10(2)7-11(14)8-15-13/h7-8H,5-6,9,14H2,1-4H3. The Morgan fingerprint density at radius 3 is 2.61 bits per heavy atom. The number of nitrogens with two attached hydrogens (primary N) is 1. The van der Waals surface area contributed by atoms with Gasteiger partial charge in [-0.2, -0.15) is 0 Å². The van der Waals surface area contributed by atoms with Gasteiger partial charge in [-0.25, -0.2) is 4.98 Å². The molecule has 0 saturated heterocycles. The number of nitrogens with zero attached hydrogens (tertiary/aromatic N) is 3. The number of nitrogen functional groups attached to an aromatic ring is 1. The van der Waals surface area contributed by atoms with Crippen LogP contribution in [0.5, 0.6) is 0 Å². The lowest BCUT2D eigenvalue weighted by Gasteiger charge is -2.25. The third-order valence-electron chi connectivity index (χ3n) is 2.69. The highest BCUT2D eigenvalue weighted by Crippen LogP contribution is 2.19. The van der Waals surface area contributed by atoms with Crippen LogP contribution in [0, 0.1) is 6.92 Å². The highest BCUT2D eigenvalue weighted by molar-refractivity contribution is 5.81. The zero-order valence-corrected chi connectivity index (χ0v) is 11.6. The largest absolute Gasteiger partial charge is 0.397 e. The Labute approximate surface area is 109 Å². The molecule has 0 saturated carbocycles. The second-order valence-electron chi connectivity index (χ2n) is 4.62. The van der Waals surface area contributed by atoms with Crippen molar-refractivity contribution >= 4 is 17.4 Å². The zero-order chi connectivity index (χ0) is 13.7. The lowest BCUT2D eigenvalue weighted by molar-refractivity contribution is -0.127. The Bertz CT molecular complexity index is 417. The van der Waals surface area contributed by atoms with Crippen LogP contribution in [0.15, 0.2) is 12.3 Å². The van der Waals surface area contributed by atoms with Crippen LogP contribution in [-0.2, 0) is 4.79 Å². The maximum Gasteiger partial charge on any atom is 0.241 e. The average molecular weight is 250 g/mol. The van der Waals surface area contributed by atoms with Crippen LogP contribution in [0.25, 0.3) is 0 Å². The van der Waals surface area contributed by atoms with E-state index in [9.17, 15) is 4.79 Å². The van der Waals surface area contributed by atoms with Crippen LogP contribution in [-0.4, -0.2) is 43.0 Å². The summed E-state index contributed by atoms with van der Waals surface area (Å²) in [6.45, 7) is 5.19. The third kappa shape index (κ3) is 3.61. The molecular weight excluding hydrogens is 228 g/mol. The van der Waals surface area contributed by atoms with Crippen molar-refractivity contribution in [3.63, 3.8) is 0 Å². The van der Waals surface area contributed by atoms with Crippen molar-refractivity contribution in [2.24, 2.45) is 0 Å². The number of rotatable bonds is 5. The monoisotopic (exact) mass is 250 g/mol. The molecule has 100 valence electrons. The summed E-state index contributed by atoms with van der Waals surface area (Å²) in [5.74, 6) is 0.905. The molecule has 0 aliphatic heterocycles. The predicted molar refractivity (Wildman–Crippen MR) is 74.6 cm³/mol. The molecule has 18 heavy (non-hydrogen) atoms. The number of hydrogen-bond donors (Lipinski definition) is 1. The van der Waals surface area contributed by atoms with Crippen molar-refractivity contribution in [1.29, 1.82) is 0 Å². The highest BCUT2D eigenvalue weighted by Gasteiger charge is 2.15. The molecule has 1 rings (SSSR count). The summed E-state index contributed by atoms with van der Waals surface area (Å²) in [6, 6.07) is 1.88. The SMILES string of the molecule is CCCN(CC(=O)N(C)C)c1ncc(N)cc1C. The minimum Gasteiger partial charge on any atom is -0.397 e. The Balaban J connectivity index is 2.93. The summed E-state index contributed by atoms with van der Waals surface area (Å²) in [7, 11) is 3.52. The molecule has 0 radical (unpaired) electrons. The minimum atomic E-state index is 0.0708. The van der Waals surface area contributed by atoms with Gasteiger partial charge in [-0.3, -0.25) is 4.79 Å². The van der Waals surface area contributed by atoms with Gasteiger partial charge in [-0.05, 0) is 25.0 Å². The summed E-state index contributed by atoms with van der Waals surface area (Å²) in [5.41, 5.74) is 7.34. The topological polar surface area (TPSA) is 62.5 Å². The second kappa shape index (κ2) is 6.23. The molecule has 0 aliphatic rings. The van der Waals surface area contributed by atoms with Gasteiger partial charge in [0.2, 0.25) is 5.91 Å². The molecule has 0 atom stereocenters. The van der Waals surface area contributed by atoms with Gasteiger partial charge in [0.1, 0.15) is 5.82 Å². The fourth-order valence-electron chi connectivity index (χ4n) is 1.75. The summed E-state index contributed by atoms with van der Waals surface area (Å²) in [4.78, 5) is 19.7. The van der Waals surface area contributed by atoms with E-state index in [0.717, 1.165) is 24.3 Å². The van der Waals surface area contributed by atoms with E-state index in [-0.39, 0.29) is 5.91 Å². The molecule has 0 aliphatic carbocycles. The number of likely N-dealkylation sites (N-methyl/N-ethyl adjacent to an activating group) is 1. The van der Waals surface area contributed by atoms with Crippen LogP contribution in [0.1, 0.15) is 18.9 Å². The molecule has 0 fully saturated rings. The van der Waals surface area contributed by atoms with Gasteiger partial charge in [0.15, 0.2) is 0 Å². The normalized spacial score (nSPS) is 10.2. The molecule has 5 nitrogen and oxygen atoms in total. The third-order valence-corrected chi connectivity index (χ3v) is 2.69. The second-order valence-corrected chi connectivity index (χ2v) is 4.62. The maximum atomic E-state index is 11.8. The average Bonchev–Trinajstić information content (AvgIpc) is 2.28. The van der Waals surface area contributed by atoms with Crippen LogP contribution in [0.4, 0.5) is 11.5 Å². The van der Waals surface area contributed by atoms with E-state index in [1.807, 2.05) is 17.9 Å². The number of carbonyl (C=O) groups excluding carboxylic acids is 1. The number of carbonyl (C=O) groups is 1. The fraction of sp³-hybridized carbons (Fsp3) is 0.538. The first-order valence-electron chi connectivity index (χ1n) is 6.13. The van der Waals surface area contributed by atoms with E-state index in [1.165, 1.54) is 0 Å². The molecule has 1 heterocycles. The summed E-state index contributed by atoms with van der Waals surface area (Å²) in [5, 5.41) is 0. The maximum absolute atomic E-state index is 11.8. The molecule has 1 aromatic rings. The fourth-order valence-corrected chi connectivity index (χ4v) is 1.75. The van der Waals surface area contributed by atoms with Gasteiger partial charge in [0, 0.05) is 20.6 Å². The first kappa shape index (κ1) is 14.3. The van der Waals surface area contributed by atoms with Crippen molar-refractivity contribution in [3.05, 3.63) is 17.8 Å². The number of amides is 1. The summed E-state index contributed by atoms with van der Waals surface area (Å²) < 4.78 is 0. The van der Waals surface area contributed by atoms with Crippen LogP contribution in [0.2, 0.25) is 0 Å². The molecule has 1 aromatic heterocycles. The predicted octanol–water partition coefficient (Wildman–Crippen LogP) is 1.28. The lowest BCUT2D eigenvalue weighted by Crippen LogP contribution is -2.37. The van der Waals surface area contributed by atoms with E-state index >= 15 is 0 Å². The molecule has 1 amide bonds. The van der Waals surface area contributed by atoms with Crippen molar-refractivity contribution in [2.45, 2.75) is 20.3 Å². The molecule has 0 spiro atoms. The molecule has 0 bridgehead atoms. The number of aryl methyl sites for hydroxylation is 1. The number of pyridine rings is 1. The Morgan fingerprint density at radius 1 is 1.44 bits per heavy atom. The molecule has 0 aromatic carbocycles. The molecule has 5 heteroatoms. The van der Waals surface area contributed by atoms with Crippen LogP contribution >= 0.6 is 0 Å². The van der Waals surface area contributed by atoms with Gasteiger partial charge in [0.25, 0.3) is 0 Å². The Morgan fingerprint density at radius 2 is 2.11 bits per heavy atom. The number of hydrogen-bond acceptors (Lipinski definition) is 4. The number of anilines is 2. The minimum absolute atomic E-state index is 0.0708. The molecule has 2 N–H and O–H groups in total. The Hall–Kier alpha value is -1.78. The van der Waals surface area contributed by atoms with Crippen LogP contribution < -0.4 is 10.6 Å². The van der Waals surface area contributed by atoms with Crippen LogP contribution in [0.3, 0.4) is 0 Å². The molecular formula is C13H22N4O. The molecule has 0 unspecified atom stereocenters. The lowest BCUT2D eigenvalue weighted by atomic mass is 10.2. The van der Waals surface area contributed by atoms with Gasteiger partial charge in [0.05, 0.1) is 18.4 Å². The first-order chi connectivity index (χ1) is 8.45. The zero-order valence-electron chi connectivity index (χ0n) is 11.6. The first-order valence-corrected chi connectivity index (χ1v) is 6.13. The van der Waals surface area contributed by atoms with Gasteiger partial charge in [-0.1, -0.05) is 6.92 Å². The van der Waals surface area contributed by atoms with E-state index in [4.69, 9.17) is 5.73 Å². The van der Waals surface area contributed by atoms with Crippen molar-refractivity contribution in [1.82, 2.24) is 9.88 Å². The number of aromatic nitrogens is 1. The van der Waals surface area contributed by atoms with Gasteiger partial charge < -0.3 is 15.5 Å². The van der Waals surface area contributed by atoms with E-state index in [1.54, 1.807) is 25.2 Å². The van der Waals surface area contributed by atoms with Gasteiger partial charge >= 0.3 is 0 Å². The van der Waals surface area contributed by atoms with Crippen molar-refractivity contribution in [2.75, 3.05) is 37.8 Å². The van der Waals surface area contributed by atoms with E-state index < -0.39 is 0 Å². The smallest absolute Gasteiger partial charge is 0.241 e. The Kier molecular flexibility index (Phi) is 4.95. The summed E-state index contributed by atoms with van der Waals surface area (Å²) in [6.07, 6.45) is 2.59. The quantitative estimate of drug-likeness (QED) is 0.855. The van der Waals surface area contributed by atoms with Crippen molar-refractivity contribution in [3.8, 4) is 0 Å². The highest BCUT2D eigenvalue weighted by atomic mass is 16.2.